The Morgan fingerprint density at radius 2 is 2.07 bits per heavy atom. The van der Waals surface area contributed by atoms with E-state index in [1.807, 2.05) is 25.1 Å². The van der Waals surface area contributed by atoms with Crippen LogP contribution in [-0.2, 0) is 6.42 Å². The van der Waals surface area contributed by atoms with Crippen molar-refractivity contribution in [1.82, 2.24) is 9.97 Å². The molecule has 0 saturated carbocycles. The highest BCUT2D eigenvalue weighted by molar-refractivity contribution is 9.10. The summed E-state index contributed by atoms with van der Waals surface area (Å²) in [6.07, 6.45) is 2.20. The predicted molar refractivity (Wildman–Crippen MR) is 116 cm³/mol. The van der Waals surface area contributed by atoms with Crippen LogP contribution in [-0.4, -0.2) is 41.3 Å². The number of nitrogens with zero attached hydrogens (tertiary/aromatic N) is 2. The van der Waals surface area contributed by atoms with Crippen molar-refractivity contribution in [3.63, 3.8) is 0 Å². The Balaban J connectivity index is 1.73. The maximum atomic E-state index is 11.4. The van der Waals surface area contributed by atoms with Gasteiger partial charge in [0.2, 0.25) is 0 Å². The lowest BCUT2D eigenvalue weighted by Gasteiger charge is -2.10. The summed E-state index contributed by atoms with van der Waals surface area (Å²) in [6, 6.07) is 9.39. The largest absolute Gasteiger partial charge is 0.496 e. The van der Waals surface area contributed by atoms with Crippen molar-refractivity contribution in [1.29, 1.82) is 0 Å². The molecule has 29 heavy (non-hydrogen) atoms. The van der Waals surface area contributed by atoms with Gasteiger partial charge in [0.15, 0.2) is 4.88 Å². The number of aromatic carboxylic acids is 1. The lowest BCUT2D eigenvalue weighted by atomic mass is 10.1. The van der Waals surface area contributed by atoms with Gasteiger partial charge in [-0.25, -0.2) is 14.8 Å². The third kappa shape index (κ3) is 5.24. The maximum absolute atomic E-state index is 11.4. The minimum absolute atomic E-state index is 0.164. The van der Waals surface area contributed by atoms with Gasteiger partial charge in [-0.3, -0.25) is 0 Å². The molecular weight excluding hydrogens is 458 g/mol. The molecule has 152 valence electrons. The average molecular weight is 478 g/mol. The molecule has 9 heteroatoms. The van der Waals surface area contributed by atoms with E-state index in [9.17, 15) is 9.90 Å². The number of nitrogens with one attached hydrogen (secondary N) is 1. The topological polar surface area (TPSA) is 93.6 Å². The fourth-order valence-electron chi connectivity index (χ4n) is 2.77. The standard InChI is InChI=1S/C20H20BrN3O4S/c1-3-28-16-10-17(29-19(16)20(25)26)14-9-18(24-11-23-14)22-7-6-12-8-13(21)4-5-15(12)27-2/h4-5,8-11H,3,6-7H2,1-2H3,(H,25,26)(H,22,23,24). The Morgan fingerprint density at radius 1 is 1.24 bits per heavy atom. The van der Waals surface area contributed by atoms with Crippen molar-refractivity contribution in [2.75, 3.05) is 25.6 Å². The zero-order chi connectivity index (χ0) is 20.8. The van der Waals surface area contributed by atoms with Crippen LogP contribution >= 0.6 is 27.3 Å². The van der Waals surface area contributed by atoms with Crippen LogP contribution < -0.4 is 14.8 Å². The smallest absolute Gasteiger partial charge is 0.349 e. The summed E-state index contributed by atoms with van der Waals surface area (Å²) >= 11 is 4.61. The Morgan fingerprint density at radius 3 is 2.79 bits per heavy atom. The third-order valence-corrected chi connectivity index (χ3v) is 5.67. The maximum Gasteiger partial charge on any atom is 0.349 e. The van der Waals surface area contributed by atoms with Gasteiger partial charge in [0, 0.05) is 23.2 Å². The van der Waals surface area contributed by atoms with E-state index in [0.717, 1.165) is 33.5 Å². The molecule has 0 saturated heterocycles. The highest BCUT2D eigenvalue weighted by Crippen LogP contribution is 2.36. The Labute approximate surface area is 180 Å². The first-order chi connectivity index (χ1) is 14.0. The average Bonchev–Trinajstić information content (AvgIpc) is 3.13. The summed E-state index contributed by atoms with van der Waals surface area (Å²) in [5, 5.41) is 12.6. The van der Waals surface area contributed by atoms with Gasteiger partial charge in [-0.1, -0.05) is 15.9 Å². The second kappa shape index (κ2) is 9.71. The number of carboxylic acids is 1. The van der Waals surface area contributed by atoms with Gasteiger partial charge in [-0.05, 0) is 37.1 Å². The van der Waals surface area contributed by atoms with Gasteiger partial charge in [-0.15, -0.1) is 11.3 Å². The van der Waals surface area contributed by atoms with E-state index in [1.54, 1.807) is 19.2 Å². The Hall–Kier alpha value is -2.65. The first-order valence-corrected chi connectivity index (χ1v) is 10.5. The molecule has 7 nitrogen and oxygen atoms in total. The second-order valence-corrected chi connectivity index (χ2v) is 7.93. The highest BCUT2D eigenvalue weighted by atomic mass is 79.9. The van der Waals surface area contributed by atoms with Gasteiger partial charge in [0.1, 0.15) is 23.6 Å². The summed E-state index contributed by atoms with van der Waals surface area (Å²) in [6.45, 7) is 2.86. The number of anilines is 1. The number of carboxylic acid groups (broad SMARTS) is 1. The number of carbonyl (C=O) groups is 1. The number of hydrogen-bond donors (Lipinski definition) is 2. The van der Waals surface area contributed by atoms with Crippen LogP contribution in [0.2, 0.25) is 0 Å². The van der Waals surface area contributed by atoms with Gasteiger partial charge in [-0.2, -0.15) is 0 Å². The van der Waals surface area contributed by atoms with E-state index in [-0.39, 0.29) is 4.88 Å². The van der Waals surface area contributed by atoms with E-state index < -0.39 is 5.97 Å². The van der Waals surface area contributed by atoms with Crippen LogP contribution in [0.3, 0.4) is 0 Å². The quantitative estimate of drug-likeness (QED) is 0.459. The van der Waals surface area contributed by atoms with Crippen molar-refractivity contribution in [2.24, 2.45) is 0 Å². The summed E-state index contributed by atoms with van der Waals surface area (Å²) in [5.74, 6) is 0.837. The van der Waals surface area contributed by atoms with E-state index >= 15 is 0 Å². The first-order valence-electron chi connectivity index (χ1n) is 8.90. The van der Waals surface area contributed by atoms with Crippen LogP contribution in [0.1, 0.15) is 22.2 Å². The summed E-state index contributed by atoms with van der Waals surface area (Å²) in [4.78, 5) is 20.8. The lowest BCUT2D eigenvalue weighted by Crippen LogP contribution is -2.07. The second-order valence-electron chi connectivity index (χ2n) is 5.96. The molecule has 2 heterocycles. The fraction of sp³-hybridized carbons (Fsp3) is 0.250. The van der Waals surface area contributed by atoms with Gasteiger partial charge in [0.05, 0.1) is 24.3 Å². The van der Waals surface area contributed by atoms with Crippen molar-refractivity contribution in [3.8, 4) is 22.1 Å². The Bertz CT molecular complexity index is 1010. The summed E-state index contributed by atoms with van der Waals surface area (Å²) < 4.78 is 11.8. The number of aromatic nitrogens is 2. The van der Waals surface area contributed by atoms with Crippen LogP contribution in [0.5, 0.6) is 11.5 Å². The number of rotatable bonds is 9. The van der Waals surface area contributed by atoms with Crippen LogP contribution in [0.15, 0.2) is 41.1 Å². The molecule has 0 aliphatic heterocycles. The molecule has 3 aromatic rings. The molecule has 0 aliphatic carbocycles. The number of ether oxygens (including phenoxy) is 2. The van der Waals surface area contributed by atoms with Gasteiger partial charge >= 0.3 is 5.97 Å². The van der Waals surface area contributed by atoms with Crippen molar-refractivity contribution in [3.05, 3.63) is 51.6 Å². The molecule has 0 spiro atoms. The van der Waals surface area contributed by atoms with Crippen LogP contribution in [0, 0.1) is 0 Å². The van der Waals surface area contributed by atoms with Crippen molar-refractivity contribution >= 4 is 39.1 Å². The van der Waals surface area contributed by atoms with Gasteiger partial charge in [0.25, 0.3) is 0 Å². The molecule has 0 radical (unpaired) electrons. The number of methoxy groups -OCH3 is 1. The zero-order valence-electron chi connectivity index (χ0n) is 15.9. The van der Waals surface area contributed by atoms with Crippen LogP contribution in [0.4, 0.5) is 5.82 Å². The lowest BCUT2D eigenvalue weighted by molar-refractivity contribution is 0.0698. The monoisotopic (exact) mass is 477 g/mol. The van der Waals surface area contributed by atoms with E-state index in [0.29, 0.717) is 35.3 Å². The minimum atomic E-state index is -1.01. The minimum Gasteiger partial charge on any atom is -0.496 e. The van der Waals surface area contributed by atoms with Crippen molar-refractivity contribution in [2.45, 2.75) is 13.3 Å². The number of thiophene rings is 1. The summed E-state index contributed by atoms with van der Waals surface area (Å²) in [5.41, 5.74) is 1.72. The molecule has 0 aliphatic rings. The number of halogens is 1. The normalized spacial score (nSPS) is 10.6. The summed E-state index contributed by atoms with van der Waals surface area (Å²) in [7, 11) is 1.65. The first kappa shape index (κ1) is 21.1. The molecule has 3 rings (SSSR count). The molecule has 0 unspecified atom stereocenters. The molecular formula is C20H20BrN3O4S. The number of hydrogen-bond acceptors (Lipinski definition) is 7. The Kier molecular flexibility index (Phi) is 7.05. The zero-order valence-corrected chi connectivity index (χ0v) is 18.3. The molecule has 0 amide bonds. The third-order valence-electron chi connectivity index (χ3n) is 4.05. The fourth-order valence-corrected chi connectivity index (χ4v) is 4.09. The molecule has 1 aromatic carbocycles. The van der Waals surface area contributed by atoms with Crippen LogP contribution in [0.25, 0.3) is 10.6 Å². The molecule has 0 bridgehead atoms. The van der Waals surface area contributed by atoms with Crippen molar-refractivity contribution < 1.29 is 19.4 Å². The molecule has 0 fully saturated rings. The number of benzene rings is 1. The SMILES string of the molecule is CCOc1cc(-c2cc(NCCc3cc(Br)ccc3OC)ncn2)sc1C(=O)O. The van der Waals surface area contributed by atoms with E-state index in [4.69, 9.17) is 9.47 Å². The highest BCUT2D eigenvalue weighted by Gasteiger charge is 2.18. The predicted octanol–water partition coefficient (Wildman–Crippen LogP) is 4.73. The van der Waals surface area contributed by atoms with E-state index in [2.05, 4.69) is 31.2 Å². The molecule has 2 aromatic heterocycles. The molecule has 0 atom stereocenters. The van der Waals surface area contributed by atoms with E-state index in [1.165, 1.54) is 6.33 Å². The molecule has 2 N–H and O–H groups in total. The van der Waals surface area contributed by atoms with Gasteiger partial charge < -0.3 is 19.9 Å².